The quantitative estimate of drug-likeness (QED) is 0.582. The lowest BCUT2D eigenvalue weighted by Gasteiger charge is -2.34. The van der Waals surface area contributed by atoms with Crippen molar-refractivity contribution in [3.63, 3.8) is 0 Å². The molecular weight excluding hydrogens is 412 g/mol. The second kappa shape index (κ2) is 8.39. The summed E-state index contributed by atoms with van der Waals surface area (Å²) in [5, 5.41) is 0. The predicted octanol–water partition coefficient (Wildman–Crippen LogP) is 4.62. The normalized spacial score (nSPS) is 20.3. The lowest BCUT2D eigenvalue weighted by atomic mass is 9.75. The molecular formula is C28H28N2O3. The highest BCUT2D eigenvalue weighted by Crippen LogP contribution is 2.39. The molecule has 1 unspecified atom stereocenters. The van der Waals surface area contributed by atoms with Crippen molar-refractivity contribution in [3.05, 3.63) is 108 Å². The summed E-state index contributed by atoms with van der Waals surface area (Å²) >= 11 is 0. The van der Waals surface area contributed by atoms with E-state index in [0.717, 1.165) is 16.7 Å². The van der Waals surface area contributed by atoms with E-state index in [4.69, 9.17) is 4.74 Å². The van der Waals surface area contributed by atoms with E-state index in [1.807, 2.05) is 103 Å². The SMILES string of the molecule is CC(C(=O)N1CCC2(CN(Cc3ccccc3)C(=O)O2)C1)(c1ccccc1)c1ccccc1. The van der Waals surface area contributed by atoms with Gasteiger partial charge in [-0.15, -0.1) is 0 Å². The Morgan fingerprint density at radius 2 is 1.42 bits per heavy atom. The first-order chi connectivity index (χ1) is 16.0. The molecule has 3 aromatic carbocycles. The van der Waals surface area contributed by atoms with Crippen molar-refractivity contribution in [2.75, 3.05) is 19.6 Å². The van der Waals surface area contributed by atoms with Gasteiger partial charge in [-0.1, -0.05) is 91.0 Å². The largest absolute Gasteiger partial charge is 0.439 e. The van der Waals surface area contributed by atoms with E-state index in [9.17, 15) is 9.59 Å². The Labute approximate surface area is 194 Å². The number of likely N-dealkylation sites (tertiary alicyclic amines) is 1. The zero-order chi connectivity index (χ0) is 22.9. The van der Waals surface area contributed by atoms with Gasteiger partial charge in [0, 0.05) is 19.5 Å². The summed E-state index contributed by atoms with van der Waals surface area (Å²) < 4.78 is 5.89. The summed E-state index contributed by atoms with van der Waals surface area (Å²) in [4.78, 5) is 30.3. The van der Waals surface area contributed by atoms with E-state index >= 15 is 0 Å². The Morgan fingerprint density at radius 3 is 2.00 bits per heavy atom. The molecule has 2 fully saturated rings. The molecule has 0 aromatic heterocycles. The van der Waals surface area contributed by atoms with Gasteiger partial charge in [-0.3, -0.25) is 9.69 Å². The Balaban J connectivity index is 1.38. The molecule has 0 saturated carbocycles. The van der Waals surface area contributed by atoms with Gasteiger partial charge >= 0.3 is 6.09 Å². The van der Waals surface area contributed by atoms with Crippen LogP contribution in [0.2, 0.25) is 0 Å². The Morgan fingerprint density at radius 1 is 0.879 bits per heavy atom. The number of hydrogen-bond acceptors (Lipinski definition) is 3. The van der Waals surface area contributed by atoms with E-state index in [-0.39, 0.29) is 12.0 Å². The molecule has 0 N–H and O–H groups in total. The van der Waals surface area contributed by atoms with E-state index in [1.54, 1.807) is 4.90 Å². The van der Waals surface area contributed by atoms with E-state index in [1.165, 1.54) is 0 Å². The first kappa shape index (κ1) is 21.3. The topological polar surface area (TPSA) is 49.9 Å². The second-order valence-corrected chi connectivity index (χ2v) is 9.23. The number of amides is 2. The van der Waals surface area contributed by atoms with Gasteiger partial charge in [0.15, 0.2) is 5.60 Å². The highest BCUT2D eigenvalue weighted by molar-refractivity contribution is 5.92. The van der Waals surface area contributed by atoms with Gasteiger partial charge in [-0.2, -0.15) is 0 Å². The number of hydrogen-bond donors (Lipinski definition) is 0. The van der Waals surface area contributed by atoms with E-state index in [0.29, 0.717) is 32.6 Å². The summed E-state index contributed by atoms with van der Waals surface area (Å²) in [6.45, 7) is 3.99. The molecule has 2 aliphatic rings. The summed E-state index contributed by atoms with van der Waals surface area (Å²) in [6, 6.07) is 29.7. The van der Waals surface area contributed by atoms with Gasteiger partial charge in [0.25, 0.3) is 0 Å². The fourth-order valence-corrected chi connectivity index (χ4v) is 5.12. The van der Waals surface area contributed by atoms with Crippen LogP contribution in [0.1, 0.15) is 30.0 Å². The minimum absolute atomic E-state index is 0.0364. The average Bonchev–Trinajstić information content (AvgIpc) is 3.41. The number of nitrogens with zero attached hydrogens (tertiary/aromatic N) is 2. The smallest absolute Gasteiger partial charge is 0.410 e. The maximum atomic E-state index is 14.0. The van der Waals surface area contributed by atoms with Gasteiger partial charge in [0.2, 0.25) is 5.91 Å². The number of benzene rings is 3. The van der Waals surface area contributed by atoms with Crippen molar-refractivity contribution in [2.24, 2.45) is 0 Å². The molecule has 1 atom stereocenters. The van der Waals surface area contributed by atoms with Crippen LogP contribution in [0.4, 0.5) is 4.79 Å². The molecule has 0 radical (unpaired) electrons. The van der Waals surface area contributed by atoms with Crippen molar-refractivity contribution < 1.29 is 14.3 Å². The minimum Gasteiger partial charge on any atom is -0.439 e. The first-order valence-electron chi connectivity index (χ1n) is 11.4. The number of carbonyl (C=O) groups excluding carboxylic acids is 2. The highest BCUT2D eigenvalue weighted by atomic mass is 16.6. The van der Waals surface area contributed by atoms with Gasteiger partial charge < -0.3 is 9.64 Å². The van der Waals surface area contributed by atoms with Crippen molar-refractivity contribution in [1.29, 1.82) is 0 Å². The molecule has 5 nitrogen and oxygen atoms in total. The predicted molar refractivity (Wildman–Crippen MR) is 127 cm³/mol. The van der Waals surface area contributed by atoms with Crippen LogP contribution in [0, 0.1) is 0 Å². The molecule has 0 aliphatic carbocycles. The van der Waals surface area contributed by atoms with Crippen LogP contribution < -0.4 is 0 Å². The minimum atomic E-state index is -0.819. The summed E-state index contributed by atoms with van der Waals surface area (Å²) in [5.74, 6) is 0.0364. The van der Waals surface area contributed by atoms with Crippen LogP contribution in [0.15, 0.2) is 91.0 Å². The number of rotatable bonds is 5. The average molecular weight is 441 g/mol. The van der Waals surface area contributed by atoms with Crippen molar-refractivity contribution in [3.8, 4) is 0 Å². The highest BCUT2D eigenvalue weighted by Gasteiger charge is 2.52. The van der Waals surface area contributed by atoms with Crippen LogP contribution in [-0.2, 0) is 21.5 Å². The monoisotopic (exact) mass is 440 g/mol. The summed E-state index contributed by atoms with van der Waals surface area (Å²) in [5.41, 5.74) is 1.52. The molecule has 2 heterocycles. The maximum Gasteiger partial charge on any atom is 0.410 e. The van der Waals surface area contributed by atoms with Crippen LogP contribution in [0.3, 0.4) is 0 Å². The zero-order valence-corrected chi connectivity index (χ0v) is 18.8. The molecule has 3 aromatic rings. The summed E-state index contributed by atoms with van der Waals surface area (Å²) in [7, 11) is 0. The third kappa shape index (κ3) is 3.88. The Kier molecular flexibility index (Phi) is 5.41. The molecule has 2 aliphatic heterocycles. The number of carbonyl (C=O) groups is 2. The lowest BCUT2D eigenvalue weighted by Crippen LogP contribution is -2.47. The summed E-state index contributed by atoms with van der Waals surface area (Å²) in [6.07, 6.45) is 0.345. The van der Waals surface area contributed by atoms with Crippen LogP contribution in [-0.4, -0.2) is 47.0 Å². The molecule has 2 saturated heterocycles. The Bertz CT molecular complexity index is 1090. The third-order valence-electron chi connectivity index (χ3n) is 6.99. The molecule has 5 rings (SSSR count). The van der Waals surface area contributed by atoms with Crippen molar-refractivity contribution >= 4 is 12.0 Å². The number of ether oxygens (including phenoxy) is 1. The van der Waals surface area contributed by atoms with E-state index < -0.39 is 11.0 Å². The van der Waals surface area contributed by atoms with E-state index in [2.05, 4.69) is 0 Å². The maximum absolute atomic E-state index is 14.0. The molecule has 5 heteroatoms. The van der Waals surface area contributed by atoms with Crippen LogP contribution in [0.5, 0.6) is 0 Å². The standard InChI is InChI=1S/C28H28N2O3/c1-27(23-13-7-3-8-14-23,24-15-9-4-10-16-24)25(31)29-18-17-28(20-29)21-30(26(32)33-28)19-22-11-5-2-6-12-22/h2-16H,17-21H2,1H3. The first-order valence-corrected chi connectivity index (χ1v) is 11.4. The van der Waals surface area contributed by atoms with Gasteiger partial charge in [0.05, 0.1) is 18.5 Å². The fraction of sp³-hybridized carbons (Fsp3) is 0.286. The zero-order valence-electron chi connectivity index (χ0n) is 18.8. The fourth-order valence-electron chi connectivity index (χ4n) is 5.12. The second-order valence-electron chi connectivity index (χ2n) is 9.23. The molecule has 2 amide bonds. The molecule has 1 spiro atoms. The molecule has 0 bridgehead atoms. The van der Waals surface area contributed by atoms with Gasteiger partial charge in [-0.25, -0.2) is 4.79 Å². The molecule has 33 heavy (non-hydrogen) atoms. The van der Waals surface area contributed by atoms with Crippen LogP contribution in [0.25, 0.3) is 0 Å². The van der Waals surface area contributed by atoms with Crippen LogP contribution >= 0.6 is 0 Å². The van der Waals surface area contributed by atoms with Crippen molar-refractivity contribution in [2.45, 2.75) is 30.9 Å². The van der Waals surface area contributed by atoms with Crippen molar-refractivity contribution in [1.82, 2.24) is 9.80 Å². The van der Waals surface area contributed by atoms with Gasteiger partial charge in [-0.05, 0) is 23.6 Å². The van der Waals surface area contributed by atoms with Gasteiger partial charge in [0.1, 0.15) is 0 Å². The molecule has 168 valence electrons. The third-order valence-corrected chi connectivity index (χ3v) is 6.99. The lowest BCUT2D eigenvalue weighted by molar-refractivity contribution is -0.135. The Hall–Kier alpha value is -3.60.